The van der Waals surface area contributed by atoms with Gasteiger partial charge in [-0.3, -0.25) is 4.98 Å². The molecule has 0 saturated carbocycles. The first-order chi connectivity index (χ1) is 6.33. The first-order valence-corrected chi connectivity index (χ1v) is 5.37. The molecule has 0 atom stereocenters. The number of pyridine rings is 1. The van der Waals surface area contributed by atoms with E-state index < -0.39 is 0 Å². The van der Waals surface area contributed by atoms with Crippen LogP contribution in [0.15, 0.2) is 18.3 Å². The Morgan fingerprint density at radius 2 is 2.38 bits per heavy atom. The molecular weight excluding hydrogens is 184 g/mol. The van der Waals surface area contributed by atoms with E-state index in [4.69, 9.17) is 10.8 Å². The number of anilines is 1. The smallest absolute Gasteiger partial charge is 0.0523 e. The maximum atomic E-state index is 8.56. The van der Waals surface area contributed by atoms with E-state index in [1.807, 2.05) is 6.07 Å². The molecule has 0 saturated heterocycles. The molecule has 0 aliphatic carbocycles. The van der Waals surface area contributed by atoms with Gasteiger partial charge in [0.1, 0.15) is 0 Å². The summed E-state index contributed by atoms with van der Waals surface area (Å²) in [5, 5.41) is 8.56. The Hall–Kier alpha value is -0.740. The minimum Gasteiger partial charge on any atom is -0.399 e. The largest absolute Gasteiger partial charge is 0.399 e. The van der Waals surface area contributed by atoms with Crippen LogP contribution in [-0.2, 0) is 5.75 Å². The van der Waals surface area contributed by atoms with Gasteiger partial charge in [-0.1, -0.05) is 0 Å². The number of aromatic nitrogens is 1. The van der Waals surface area contributed by atoms with Gasteiger partial charge in [-0.25, -0.2) is 0 Å². The number of nitrogens with zero attached hydrogens (tertiary/aromatic N) is 1. The Morgan fingerprint density at radius 3 is 3.08 bits per heavy atom. The Morgan fingerprint density at radius 1 is 1.54 bits per heavy atom. The van der Waals surface area contributed by atoms with E-state index in [-0.39, 0.29) is 6.61 Å². The highest BCUT2D eigenvalue weighted by Crippen LogP contribution is 2.12. The van der Waals surface area contributed by atoms with Crippen LogP contribution in [0.25, 0.3) is 0 Å². The highest BCUT2D eigenvalue weighted by molar-refractivity contribution is 7.98. The minimum atomic E-state index is 0.261. The van der Waals surface area contributed by atoms with Crippen molar-refractivity contribution in [1.82, 2.24) is 4.98 Å². The van der Waals surface area contributed by atoms with Gasteiger partial charge in [0.2, 0.25) is 0 Å². The maximum Gasteiger partial charge on any atom is 0.0523 e. The van der Waals surface area contributed by atoms with Gasteiger partial charge in [0.05, 0.1) is 5.69 Å². The number of thioether (sulfide) groups is 1. The fraction of sp³-hybridized carbons (Fsp3) is 0.444. The summed E-state index contributed by atoms with van der Waals surface area (Å²) >= 11 is 1.76. The van der Waals surface area contributed by atoms with Gasteiger partial charge in [0.15, 0.2) is 0 Å². The third kappa shape index (κ3) is 4.15. The zero-order valence-corrected chi connectivity index (χ0v) is 8.26. The lowest BCUT2D eigenvalue weighted by Crippen LogP contribution is -1.92. The van der Waals surface area contributed by atoms with Gasteiger partial charge in [0, 0.05) is 24.2 Å². The second kappa shape index (κ2) is 5.83. The molecular formula is C9H14N2OS. The van der Waals surface area contributed by atoms with Crippen molar-refractivity contribution in [2.45, 2.75) is 12.2 Å². The third-order valence-corrected chi connectivity index (χ3v) is 2.61. The molecule has 0 aliphatic heterocycles. The zero-order chi connectivity index (χ0) is 9.52. The van der Waals surface area contributed by atoms with Crippen LogP contribution in [-0.4, -0.2) is 22.5 Å². The molecule has 13 heavy (non-hydrogen) atoms. The van der Waals surface area contributed by atoms with E-state index in [1.165, 1.54) is 0 Å². The normalized spacial score (nSPS) is 10.2. The Kier molecular flexibility index (Phi) is 4.64. The molecule has 4 heteroatoms. The van der Waals surface area contributed by atoms with E-state index in [9.17, 15) is 0 Å². The van der Waals surface area contributed by atoms with Crippen LogP contribution < -0.4 is 5.73 Å². The van der Waals surface area contributed by atoms with Crippen molar-refractivity contribution in [1.29, 1.82) is 0 Å². The summed E-state index contributed by atoms with van der Waals surface area (Å²) in [5.41, 5.74) is 7.36. The summed E-state index contributed by atoms with van der Waals surface area (Å²) in [6.07, 6.45) is 2.56. The minimum absolute atomic E-state index is 0.261. The summed E-state index contributed by atoms with van der Waals surface area (Å²) in [6.45, 7) is 0.261. The van der Waals surface area contributed by atoms with Gasteiger partial charge in [-0.15, -0.1) is 0 Å². The Labute approximate surface area is 82.4 Å². The topological polar surface area (TPSA) is 59.1 Å². The summed E-state index contributed by atoms with van der Waals surface area (Å²) in [5.74, 6) is 1.83. The zero-order valence-electron chi connectivity index (χ0n) is 7.44. The van der Waals surface area contributed by atoms with Crippen LogP contribution >= 0.6 is 11.8 Å². The van der Waals surface area contributed by atoms with Gasteiger partial charge in [0.25, 0.3) is 0 Å². The molecule has 1 rings (SSSR count). The van der Waals surface area contributed by atoms with Gasteiger partial charge < -0.3 is 10.8 Å². The number of hydrogen-bond acceptors (Lipinski definition) is 4. The van der Waals surface area contributed by atoms with Gasteiger partial charge in [-0.2, -0.15) is 11.8 Å². The predicted octanol–water partition coefficient (Wildman–Crippen LogP) is 1.28. The number of nitrogens with two attached hydrogens (primary N) is 1. The molecule has 72 valence electrons. The number of nitrogen functional groups attached to an aromatic ring is 1. The van der Waals surface area contributed by atoms with E-state index in [0.29, 0.717) is 0 Å². The fourth-order valence-corrected chi connectivity index (χ4v) is 1.76. The van der Waals surface area contributed by atoms with Crippen LogP contribution in [0.2, 0.25) is 0 Å². The standard InChI is InChI=1S/C9H14N2OS/c10-8-2-3-11-9(6-8)7-13-5-1-4-12/h2-3,6,12H,1,4-5,7H2,(H2,10,11). The molecule has 0 fully saturated rings. The SMILES string of the molecule is Nc1ccnc(CSCCCO)c1. The second-order valence-corrected chi connectivity index (χ2v) is 3.82. The summed E-state index contributed by atoms with van der Waals surface area (Å²) < 4.78 is 0. The summed E-state index contributed by atoms with van der Waals surface area (Å²) in [7, 11) is 0. The Balaban J connectivity index is 2.28. The molecule has 1 aromatic rings. The summed E-state index contributed by atoms with van der Waals surface area (Å²) in [4.78, 5) is 4.17. The van der Waals surface area contributed by atoms with Crippen molar-refractivity contribution in [2.24, 2.45) is 0 Å². The highest BCUT2D eigenvalue weighted by Gasteiger charge is 1.95. The van der Waals surface area contributed by atoms with Crippen molar-refractivity contribution in [2.75, 3.05) is 18.1 Å². The molecule has 0 unspecified atom stereocenters. The second-order valence-electron chi connectivity index (χ2n) is 2.71. The lowest BCUT2D eigenvalue weighted by atomic mass is 10.3. The Bertz CT molecular complexity index is 255. The van der Waals surface area contributed by atoms with Crippen LogP contribution in [0.5, 0.6) is 0 Å². The molecule has 1 aromatic heterocycles. The number of hydrogen-bond donors (Lipinski definition) is 2. The van der Waals surface area contributed by atoms with Gasteiger partial charge >= 0.3 is 0 Å². The van der Waals surface area contributed by atoms with Crippen LogP contribution in [0, 0.1) is 0 Å². The third-order valence-electron chi connectivity index (χ3n) is 1.54. The molecule has 0 amide bonds. The number of aliphatic hydroxyl groups is 1. The molecule has 0 aliphatic rings. The summed E-state index contributed by atoms with van der Waals surface area (Å²) in [6, 6.07) is 3.66. The average Bonchev–Trinajstić information content (AvgIpc) is 2.13. The number of rotatable bonds is 5. The quantitative estimate of drug-likeness (QED) is 0.700. The van der Waals surface area contributed by atoms with Crippen molar-refractivity contribution in [3.05, 3.63) is 24.0 Å². The lowest BCUT2D eigenvalue weighted by Gasteiger charge is -2.00. The maximum absolute atomic E-state index is 8.56. The molecule has 3 nitrogen and oxygen atoms in total. The monoisotopic (exact) mass is 198 g/mol. The van der Waals surface area contributed by atoms with Crippen LogP contribution in [0.1, 0.15) is 12.1 Å². The first kappa shape index (κ1) is 10.3. The van der Waals surface area contributed by atoms with E-state index in [1.54, 1.807) is 24.0 Å². The predicted molar refractivity (Wildman–Crippen MR) is 56.5 cm³/mol. The van der Waals surface area contributed by atoms with E-state index in [0.717, 1.165) is 29.3 Å². The molecule has 0 spiro atoms. The van der Waals surface area contributed by atoms with Crippen molar-refractivity contribution in [3.63, 3.8) is 0 Å². The van der Waals surface area contributed by atoms with Crippen molar-refractivity contribution in [3.8, 4) is 0 Å². The lowest BCUT2D eigenvalue weighted by molar-refractivity contribution is 0.296. The van der Waals surface area contributed by atoms with E-state index in [2.05, 4.69) is 4.98 Å². The molecule has 1 heterocycles. The van der Waals surface area contributed by atoms with Crippen LogP contribution in [0.4, 0.5) is 5.69 Å². The number of aliphatic hydroxyl groups excluding tert-OH is 1. The fourth-order valence-electron chi connectivity index (χ4n) is 0.919. The van der Waals surface area contributed by atoms with Crippen molar-refractivity contribution < 1.29 is 5.11 Å². The van der Waals surface area contributed by atoms with E-state index >= 15 is 0 Å². The molecule has 0 bridgehead atoms. The van der Waals surface area contributed by atoms with Gasteiger partial charge in [-0.05, 0) is 24.3 Å². The van der Waals surface area contributed by atoms with Crippen molar-refractivity contribution >= 4 is 17.4 Å². The molecule has 0 radical (unpaired) electrons. The average molecular weight is 198 g/mol. The molecule has 0 aromatic carbocycles. The van der Waals surface area contributed by atoms with Crippen LogP contribution in [0.3, 0.4) is 0 Å². The highest BCUT2D eigenvalue weighted by atomic mass is 32.2. The first-order valence-electron chi connectivity index (χ1n) is 4.22. The molecule has 3 N–H and O–H groups in total.